The molecule has 0 aliphatic rings. The molecule has 0 aromatic heterocycles. The van der Waals surface area contributed by atoms with Gasteiger partial charge in [0.2, 0.25) is 0 Å². The summed E-state index contributed by atoms with van der Waals surface area (Å²) in [6, 6.07) is 10.6. The van der Waals surface area contributed by atoms with Crippen molar-refractivity contribution in [2.24, 2.45) is 5.10 Å². The van der Waals surface area contributed by atoms with Crippen LogP contribution in [0.4, 0.5) is 24.5 Å². The predicted molar refractivity (Wildman–Crippen MR) is 93.9 cm³/mol. The van der Waals surface area contributed by atoms with Crippen LogP contribution in [0.2, 0.25) is 0 Å². The number of hydrazone groups is 1. The lowest BCUT2D eigenvalue weighted by Crippen LogP contribution is -2.29. The molecule has 0 saturated heterocycles. The molecule has 0 aliphatic carbocycles. The van der Waals surface area contributed by atoms with Crippen molar-refractivity contribution in [3.05, 3.63) is 69.8 Å². The molecule has 0 atom stereocenters. The summed E-state index contributed by atoms with van der Waals surface area (Å²) in [6.45, 7) is 1.52. The molecule has 0 aliphatic heterocycles. The predicted octanol–water partition coefficient (Wildman–Crippen LogP) is 3.25. The standard InChI is InChI=1S/C17H13F3N4O4/c1-10(11-6-8-12(9-7-11)21-16(26)17(18,19)20)22-23-15(25)13-4-2-3-5-14(13)24(27)28/h2-9H,1H3,(H,21,26)(H,23,25)/b22-10-. The smallest absolute Gasteiger partial charge is 0.318 e. The minimum absolute atomic E-state index is 0.0668. The SMILES string of the molecule is C/C(=N/NC(=O)c1ccccc1[N+](=O)[O-])c1ccc(NC(=O)C(F)(F)F)cc1. The largest absolute Gasteiger partial charge is 0.471 e. The van der Waals surface area contributed by atoms with Crippen molar-refractivity contribution in [3.63, 3.8) is 0 Å². The van der Waals surface area contributed by atoms with Gasteiger partial charge in [-0.05, 0) is 30.7 Å². The highest BCUT2D eigenvalue weighted by molar-refractivity contribution is 6.02. The number of nitro groups is 1. The minimum Gasteiger partial charge on any atom is -0.318 e. The van der Waals surface area contributed by atoms with Gasteiger partial charge >= 0.3 is 12.1 Å². The number of anilines is 1. The number of benzene rings is 2. The normalized spacial score (nSPS) is 11.6. The second-order valence-electron chi connectivity index (χ2n) is 5.44. The van der Waals surface area contributed by atoms with Gasteiger partial charge in [-0.25, -0.2) is 5.43 Å². The van der Waals surface area contributed by atoms with Crippen LogP contribution < -0.4 is 10.7 Å². The number of nitro benzene ring substituents is 1. The maximum Gasteiger partial charge on any atom is 0.471 e. The highest BCUT2D eigenvalue weighted by Gasteiger charge is 2.38. The van der Waals surface area contributed by atoms with Crippen molar-refractivity contribution in [2.45, 2.75) is 13.1 Å². The molecule has 0 heterocycles. The van der Waals surface area contributed by atoms with Crippen LogP contribution >= 0.6 is 0 Å². The fourth-order valence-electron chi connectivity index (χ4n) is 2.08. The van der Waals surface area contributed by atoms with Crippen molar-refractivity contribution >= 4 is 28.9 Å². The Morgan fingerprint density at radius 2 is 1.68 bits per heavy atom. The van der Waals surface area contributed by atoms with Gasteiger partial charge in [0, 0.05) is 11.8 Å². The van der Waals surface area contributed by atoms with Gasteiger partial charge in [-0.2, -0.15) is 18.3 Å². The highest BCUT2D eigenvalue weighted by atomic mass is 19.4. The van der Waals surface area contributed by atoms with Crippen LogP contribution in [0.15, 0.2) is 53.6 Å². The van der Waals surface area contributed by atoms with Crippen LogP contribution in [0.25, 0.3) is 0 Å². The zero-order valence-electron chi connectivity index (χ0n) is 14.3. The first-order chi connectivity index (χ1) is 13.1. The van der Waals surface area contributed by atoms with Gasteiger partial charge in [0.05, 0.1) is 10.6 Å². The fourth-order valence-corrected chi connectivity index (χ4v) is 2.08. The highest BCUT2D eigenvalue weighted by Crippen LogP contribution is 2.19. The third kappa shape index (κ3) is 5.13. The Hall–Kier alpha value is -3.76. The number of hydrogen-bond acceptors (Lipinski definition) is 5. The summed E-state index contributed by atoms with van der Waals surface area (Å²) in [5.41, 5.74) is 2.31. The number of nitrogens with zero attached hydrogens (tertiary/aromatic N) is 2. The third-order valence-corrected chi connectivity index (χ3v) is 3.49. The number of para-hydroxylation sites is 1. The molecular formula is C17H13F3N4O4. The van der Waals surface area contributed by atoms with Crippen LogP contribution in [-0.4, -0.2) is 28.6 Å². The molecule has 2 N–H and O–H groups in total. The lowest BCUT2D eigenvalue weighted by atomic mass is 10.1. The van der Waals surface area contributed by atoms with Gasteiger partial charge < -0.3 is 5.32 Å². The molecule has 8 nitrogen and oxygen atoms in total. The Kier molecular flexibility index (Phi) is 6.08. The van der Waals surface area contributed by atoms with E-state index >= 15 is 0 Å². The van der Waals surface area contributed by atoms with Gasteiger partial charge in [-0.3, -0.25) is 19.7 Å². The minimum atomic E-state index is -5.00. The van der Waals surface area contributed by atoms with Gasteiger partial charge in [-0.1, -0.05) is 24.3 Å². The van der Waals surface area contributed by atoms with Crippen molar-refractivity contribution in [1.29, 1.82) is 0 Å². The number of carbonyl (C=O) groups is 2. The number of alkyl halides is 3. The maximum atomic E-state index is 12.2. The van der Waals surface area contributed by atoms with Crippen molar-refractivity contribution < 1.29 is 27.7 Å². The second kappa shape index (κ2) is 8.29. The van der Waals surface area contributed by atoms with E-state index in [2.05, 4.69) is 10.5 Å². The zero-order valence-corrected chi connectivity index (χ0v) is 14.3. The maximum absolute atomic E-state index is 12.2. The first-order valence-corrected chi connectivity index (χ1v) is 7.66. The van der Waals surface area contributed by atoms with E-state index in [9.17, 15) is 32.9 Å². The first-order valence-electron chi connectivity index (χ1n) is 7.66. The fraction of sp³-hybridized carbons (Fsp3) is 0.118. The summed E-state index contributed by atoms with van der Waals surface area (Å²) in [4.78, 5) is 33.2. The summed E-state index contributed by atoms with van der Waals surface area (Å²) in [6.07, 6.45) is -5.00. The van der Waals surface area contributed by atoms with Gasteiger partial charge in [0.25, 0.3) is 11.6 Å². The van der Waals surface area contributed by atoms with Gasteiger partial charge in [0.1, 0.15) is 5.56 Å². The van der Waals surface area contributed by atoms with Crippen LogP contribution in [0.3, 0.4) is 0 Å². The van der Waals surface area contributed by atoms with Crippen LogP contribution in [0.1, 0.15) is 22.8 Å². The molecule has 0 radical (unpaired) electrons. The van der Waals surface area contributed by atoms with Gasteiger partial charge in [-0.15, -0.1) is 0 Å². The second-order valence-corrected chi connectivity index (χ2v) is 5.44. The molecule has 2 amide bonds. The van der Waals surface area contributed by atoms with Crippen molar-refractivity contribution in [1.82, 2.24) is 5.43 Å². The number of hydrogen-bond donors (Lipinski definition) is 2. The molecular weight excluding hydrogens is 381 g/mol. The van der Waals surface area contributed by atoms with E-state index in [0.29, 0.717) is 11.3 Å². The van der Waals surface area contributed by atoms with Gasteiger partial charge in [0.15, 0.2) is 0 Å². The Morgan fingerprint density at radius 1 is 1.07 bits per heavy atom. The van der Waals surface area contributed by atoms with E-state index in [4.69, 9.17) is 0 Å². The lowest BCUT2D eigenvalue weighted by Gasteiger charge is -2.08. The van der Waals surface area contributed by atoms with Crippen molar-refractivity contribution in [2.75, 3.05) is 5.32 Å². The summed E-state index contributed by atoms with van der Waals surface area (Å²) in [7, 11) is 0. The topological polar surface area (TPSA) is 114 Å². The number of rotatable bonds is 5. The molecule has 2 aromatic rings. The van der Waals surface area contributed by atoms with Crippen LogP contribution in [-0.2, 0) is 4.79 Å². The Balaban J connectivity index is 2.09. The van der Waals surface area contributed by atoms with E-state index in [1.165, 1.54) is 55.5 Å². The van der Waals surface area contributed by atoms with Crippen LogP contribution in [0.5, 0.6) is 0 Å². The van der Waals surface area contributed by atoms with E-state index < -0.39 is 22.9 Å². The molecule has 2 rings (SSSR count). The average Bonchev–Trinajstić information content (AvgIpc) is 2.65. The number of carbonyl (C=O) groups excluding carboxylic acids is 2. The molecule has 28 heavy (non-hydrogen) atoms. The van der Waals surface area contributed by atoms with E-state index in [1.807, 2.05) is 0 Å². The molecule has 2 aromatic carbocycles. The zero-order chi connectivity index (χ0) is 20.9. The Labute approximate surface area is 156 Å². The molecule has 146 valence electrons. The van der Waals surface area contributed by atoms with Crippen LogP contribution in [0, 0.1) is 10.1 Å². The summed E-state index contributed by atoms with van der Waals surface area (Å²) in [5, 5.41) is 16.5. The quantitative estimate of drug-likeness (QED) is 0.460. The molecule has 0 saturated carbocycles. The van der Waals surface area contributed by atoms with E-state index in [1.54, 1.807) is 5.32 Å². The van der Waals surface area contributed by atoms with E-state index in [-0.39, 0.29) is 16.9 Å². The molecule has 0 unspecified atom stereocenters. The molecule has 0 spiro atoms. The number of nitrogens with one attached hydrogen (secondary N) is 2. The summed E-state index contributed by atoms with van der Waals surface area (Å²) in [5.74, 6) is -2.89. The Morgan fingerprint density at radius 3 is 2.25 bits per heavy atom. The third-order valence-electron chi connectivity index (χ3n) is 3.49. The Bertz CT molecular complexity index is 940. The summed E-state index contributed by atoms with van der Waals surface area (Å²) >= 11 is 0. The molecule has 0 bridgehead atoms. The average molecular weight is 394 g/mol. The number of amides is 2. The monoisotopic (exact) mass is 394 g/mol. The van der Waals surface area contributed by atoms with E-state index in [0.717, 1.165) is 0 Å². The number of halogens is 3. The lowest BCUT2D eigenvalue weighted by molar-refractivity contribution is -0.385. The summed E-state index contributed by atoms with van der Waals surface area (Å²) < 4.78 is 36.7. The molecule has 0 fully saturated rings. The van der Waals surface area contributed by atoms with Crippen molar-refractivity contribution in [3.8, 4) is 0 Å². The first kappa shape index (κ1) is 20.6. The molecule has 11 heteroatoms.